The topological polar surface area (TPSA) is 84.3 Å². The predicted octanol–water partition coefficient (Wildman–Crippen LogP) is 0.261. The minimum absolute atomic E-state index is 0.0310. The van der Waals surface area contributed by atoms with Crippen LogP contribution in [-0.2, 0) is 21.1 Å². The third-order valence-corrected chi connectivity index (χ3v) is 5.87. The van der Waals surface area contributed by atoms with E-state index in [1.807, 2.05) is 36.5 Å². The van der Waals surface area contributed by atoms with E-state index >= 15 is 0 Å². The average Bonchev–Trinajstić information content (AvgIpc) is 3.12. The molecular formula is C17H22N4O3S. The molecule has 1 saturated heterocycles. The summed E-state index contributed by atoms with van der Waals surface area (Å²) in [6.07, 6.45) is 3.92. The van der Waals surface area contributed by atoms with Crippen molar-refractivity contribution in [1.82, 2.24) is 20.0 Å². The van der Waals surface area contributed by atoms with Crippen molar-refractivity contribution in [3.8, 4) is 5.69 Å². The van der Waals surface area contributed by atoms with Crippen LogP contribution in [0.25, 0.3) is 5.69 Å². The van der Waals surface area contributed by atoms with E-state index in [4.69, 9.17) is 0 Å². The number of nitrogens with zero attached hydrogens (tertiary/aromatic N) is 3. The second kappa shape index (κ2) is 7.79. The summed E-state index contributed by atoms with van der Waals surface area (Å²) in [5.41, 5.74) is 1.90. The van der Waals surface area contributed by atoms with Crippen molar-refractivity contribution < 1.29 is 13.2 Å². The third kappa shape index (κ3) is 5.14. The first kappa shape index (κ1) is 17.6. The smallest absolute Gasteiger partial charge is 0.224 e. The van der Waals surface area contributed by atoms with Gasteiger partial charge in [-0.15, -0.1) is 0 Å². The molecule has 25 heavy (non-hydrogen) atoms. The molecule has 1 aromatic carbocycles. The fourth-order valence-electron chi connectivity index (χ4n) is 2.76. The number of hydrogen-bond donors (Lipinski definition) is 1. The highest BCUT2D eigenvalue weighted by molar-refractivity contribution is 7.91. The number of hydrogen-bond acceptors (Lipinski definition) is 5. The van der Waals surface area contributed by atoms with E-state index in [0.29, 0.717) is 32.6 Å². The minimum Gasteiger partial charge on any atom is -0.355 e. The number of carbonyl (C=O) groups is 1. The van der Waals surface area contributed by atoms with Gasteiger partial charge in [0.1, 0.15) is 0 Å². The second-order valence-corrected chi connectivity index (χ2v) is 8.44. The zero-order valence-corrected chi connectivity index (χ0v) is 14.8. The highest BCUT2D eigenvalue weighted by Crippen LogP contribution is 2.09. The van der Waals surface area contributed by atoms with E-state index in [9.17, 15) is 13.2 Å². The molecule has 8 heteroatoms. The quantitative estimate of drug-likeness (QED) is 0.797. The monoisotopic (exact) mass is 362 g/mol. The summed E-state index contributed by atoms with van der Waals surface area (Å²) >= 11 is 0. The molecule has 0 radical (unpaired) electrons. The Morgan fingerprint density at radius 3 is 2.52 bits per heavy atom. The molecule has 1 aliphatic rings. The summed E-state index contributed by atoms with van der Waals surface area (Å²) in [6.45, 7) is 2.31. The van der Waals surface area contributed by atoms with Crippen LogP contribution >= 0.6 is 0 Å². The van der Waals surface area contributed by atoms with Gasteiger partial charge < -0.3 is 5.32 Å². The van der Waals surface area contributed by atoms with Gasteiger partial charge in [-0.25, -0.2) is 13.1 Å². The molecule has 2 aromatic rings. The van der Waals surface area contributed by atoms with Crippen LogP contribution in [0.1, 0.15) is 5.56 Å². The number of carbonyl (C=O) groups excluding carboxylic acids is 1. The van der Waals surface area contributed by atoms with Gasteiger partial charge in [-0.3, -0.25) is 9.69 Å². The zero-order valence-electron chi connectivity index (χ0n) is 14.0. The van der Waals surface area contributed by atoms with E-state index in [0.717, 1.165) is 11.3 Å². The lowest BCUT2D eigenvalue weighted by Crippen LogP contribution is -2.44. The molecule has 2 heterocycles. The highest BCUT2D eigenvalue weighted by Gasteiger charge is 2.21. The van der Waals surface area contributed by atoms with Crippen molar-refractivity contribution in [2.24, 2.45) is 0 Å². The Balaban J connectivity index is 1.40. The maximum Gasteiger partial charge on any atom is 0.224 e. The van der Waals surface area contributed by atoms with Crippen LogP contribution < -0.4 is 5.32 Å². The Morgan fingerprint density at radius 1 is 1.16 bits per heavy atom. The van der Waals surface area contributed by atoms with Crippen LogP contribution in [-0.4, -0.2) is 66.7 Å². The normalized spacial score (nSPS) is 17.3. The molecule has 134 valence electrons. The molecule has 1 N–H and O–H groups in total. The van der Waals surface area contributed by atoms with Crippen LogP contribution in [0.4, 0.5) is 0 Å². The first-order chi connectivity index (χ1) is 12.0. The largest absolute Gasteiger partial charge is 0.355 e. The van der Waals surface area contributed by atoms with Gasteiger partial charge >= 0.3 is 0 Å². The number of sulfone groups is 1. The molecule has 0 atom stereocenters. The van der Waals surface area contributed by atoms with Crippen LogP contribution in [0.5, 0.6) is 0 Å². The summed E-state index contributed by atoms with van der Waals surface area (Å²) in [6, 6.07) is 9.57. The van der Waals surface area contributed by atoms with Crippen molar-refractivity contribution in [2.75, 3.05) is 37.7 Å². The van der Waals surface area contributed by atoms with Crippen LogP contribution in [0, 0.1) is 0 Å². The first-order valence-electron chi connectivity index (χ1n) is 8.30. The van der Waals surface area contributed by atoms with Crippen molar-refractivity contribution in [1.29, 1.82) is 0 Å². The van der Waals surface area contributed by atoms with Gasteiger partial charge in [-0.1, -0.05) is 12.1 Å². The first-order valence-corrected chi connectivity index (χ1v) is 10.1. The summed E-state index contributed by atoms with van der Waals surface area (Å²) in [5, 5.41) is 7.06. The maximum absolute atomic E-state index is 12.0. The number of aromatic nitrogens is 2. The van der Waals surface area contributed by atoms with Crippen molar-refractivity contribution in [3.63, 3.8) is 0 Å². The molecule has 0 saturated carbocycles. The van der Waals surface area contributed by atoms with Gasteiger partial charge in [0.2, 0.25) is 5.91 Å². The van der Waals surface area contributed by atoms with Gasteiger partial charge in [0.15, 0.2) is 9.84 Å². The third-order valence-electron chi connectivity index (χ3n) is 4.26. The van der Waals surface area contributed by atoms with Gasteiger partial charge in [-0.2, -0.15) is 5.10 Å². The molecule has 0 unspecified atom stereocenters. The summed E-state index contributed by atoms with van der Waals surface area (Å²) in [4.78, 5) is 14.1. The molecule has 7 nitrogen and oxygen atoms in total. The number of nitrogens with one attached hydrogen (secondary N) is 1. The molecule has 0 spiro atoms. The molecule has 1 aromatic heterocycles. The van der Waals surface area contributed by atoms with Crippen molar-refractivity contribution in [2.45, 2.75) is 6.42 Å². The second-order valence-electron chi connectivity index (χ2n) is 6.14. The van der Waals surface area contributed by atoms with Crippen molar-refractivity contribution in [3.05, 3.63) is 48.3 Å². The fourth-order valence-corrected chi connectivity index (χ4v) is 4.04. The lowest BCUT2D eigenvalue weighted by molar-refractivity contribution is -0.120. The van der Waals surface area contributed by atoms with E-state index in [2.05, 4.69) is 15.3 Å². The lowest BCUT2D eigenvalue weighted by atomic mass is 10.1. The number of amides is 1. The van der Waals surface area contributed by atoms with E-state index in [1.165, 1.54) is 0 Å². The van der Waals surface area contributed by atoms with E-state index < -0.39 is 9.84 Å². The highest BCUT2D eigenvalue weighted by atomic mass is 32.2. The molecule has 0 aliphatic carbocycles. The van der Waals surface area contributed by atoms with E-state index in [-0.39, 0.29) is 17.4 Å². The molecule has 3 rings (SSSR count). The minimum atomic E-state index is -2.85. The SMILES string of the molecule is O=C(Cc1ccc(-n2cccn2)cc1)NCCN1CCS(=O)(=O)CC1. The summed E-state index contributed by atoms with van der Waals surface area (Å²) in [5.74, 6) is 0.393. The van der Waals surface area contributed by atoms with Gasteiger partial charge in [0.25, 0.3) is 0 Å². The molecule has 1 aliphatic heterocycles. The maximum atomic E-state index is 12.0. The molecule has 1 amide bonds. The summed E-state index contributed by atoms with van der Waals surface area (Å²) < 4.78 is 24.5. The van der Waals surface area contributed by atoms with Crippen LogP contribution in [0.2, 0.25) is 0 Å². The Morgan fingerprint density at radius 2 is 1.88 bits per heavy atom. The van der Waals surface area contributed by atoms with Gasteiger partial charge in [0, 0.05) is 38.6 Å². The number of benzene rings is 1. The zero-order chi connectivity index (χ0) is 17.7. The fraction of sp³-hybridized carbons (Fsp3) is 0.412. The van der Waals surface area contributed by atoms with Crippen molar-refractivity contribution >= 4 is 15.7 Å². The molecular weight excluding hydrogens is 340 g/mol. The predicted molar refractivity (Wildman–Crippen MR) is 95.4 cm³/mol. The standard InChI is InChI=1S/C17H22N4O3S/c22-17(18-7-9-20-10-12-25(23,24)13-11-20)14-15-2-4-16(5-3-15)21-8-1-6-19-21/h1-6,8H,7,9-14H2,(H,18,22). The Bertz CT molecular complexity index is 787. The Hall–Kier alpha value is -2.19. The molecule has 0 bridgehead atoms. The Labute approximate surface area is 147 Å². The van der Waals surface area contributed by atoms with Crippen LogP contribution in [0.15, 0.2) is 42.7 Å². The Kier molecular flexibility index (Phi) is 5.50. The van der Waals surface area contributed by atoms with Gasteiger partial charge in [0.05, 0.1) is 23.6 Å². The number of rotatable bonds is 6. The average molecular weight is 362 g/mol. The van der Waals surface area contributed by atoms with E-state index in [1.54, 1.807) is 10.9 Å². The molecule has 1 fully saturated rings. The van der Waals surface area contributed by atoms with Gasteiger partial charge in [-0.05, 0) is 23.8 Å². The summed E-state index contributed by atoms with van der Waals surface area (Å²) in [7, 11) is -2.85. The lowest BCUT2D eigenvalue weighted by Gasteiger charge is -2.26. The van der Waals surface area contributed by atoms with Crippen LogP contribution in [0.3, 0.4) is 0 Å².